The first-order chi connectivity index (χ1) is 16.1. The third-order valence-electron chi connectivity index (χ3n) is 5.26. The van der Waals surface area contributed by atoms with Gasteiger partial charge in [0.2, 0.25) is 5.62 Å². The Balaban J connectivity index is 1.77. The number of rotatable bonds is 5. The van der Waals surface area contributed by atoms with Crippen LogP contribution in [0.4, 0.5) is 18.9 Å². The number of imidazole rings is 1. The van der Waals surface area contributed by atoms with Crippen molar-refractivity contribution in [3.8, 4) is 0 Å². The number of aryl methyl sites for hydroxylation is 1. The quantitative estimate of drug-likeness (QED) is 0.587. The van der Waals surface area contributed by atoms with Gasteiger partial charge in [-0.1, -0.05) is 6.07 Å². The number of carboxylic acids is 1. The molecule has 1 aromatic heterocycles. The van der Waals surface area contributed by atoms with E-state index in [4.69, 9.17) is 9.84 Å². The third kappa shape index (κ3) is 4.86. The number of carboxylic acid groups (broad SMARTS) is 1. The summed E-state index contributed by atoms with van der Waals surface area (Å²) in [6, 6.07) is 8.87. The van der Waals surface area contributed by atoms with Gasteiger partial charge in [0, 0.05) is 24.3 Å². The van der Waals surface area contributed by atoms with Crippen molar-refractivity contribution in [2.45, 2.75) is 19.1 Å². The number of amides is 2. The van der Waals surface area contributed by atoms with Crippen molar-refractivity contribution in [1.29, 1.82) is 0 Å². The van der Waals surface area contributed by atoms with Gasteiger partial charge in [0.05, 0.1) is 29.6 Å². The first-order valence-corrected chi connectivity index (χ1v) is 10.2. The van der Waals surface area contributed by atoms with E-state index in [-0.39, 0.29) is 36.7 Å². The van der Waals surface area contributed by atoms with Crippen LogP contribution in [0.1, 0.15) is 22.3 Å². The molecule has 9 nitrogen and oxygen atoms in total. The Hall–Kier alpha value is -3.93. The number of nitrogens with one attached hydrogen (secondary N) is 1. The molecule has 2 aromatic carbocycles. The first kappa shape index (κ1) is 23.2. The Morgan fingerprint density at radius 1 is 1.18 bits per heavy atom. The Labute approximate surface area is 190 Å². The number of nitrogens with zero attached hydrogens (tertiary/aromatic N) is 3. The number of carbonyl (C=O) groups is 3. The maximum Gasteiger partial charge on any atom is 0.416 e. The minimum absolute atomic E-state index is 0.0240. The van der Waals surface area contributed by atoms with Crippen LogP contribution in [0.2, 0.25) is 0 Å². The molecule has 0 aliphatic carbocycles. The van der Waals surface area contributed by atoms with Crippen molar-refractivity contribution in [1.82, 2.24) is 9.55 Å². The number of aromatic nitrogens is 2. The summed E-state index contributed by atoms with van der Waals surface area (Å²) in [5.74, 6) is -2.22. The SMILES string of the molecule is O=C(O)CCn1/c(=N/C(=O)c2cccc(C(F)(F)F)c2)[nH]c2cc(N3CCOCC3=O)ccc21. The second-order valence-electron chi connectivity index (χ2n) is 7.54. The Kier molecular flexibility index (Phi) is 6.24. The van der Waals surface area contributed by atoms with E-state index in [2.05, 4.69) is 9.98 Å². The Bertz CT molecular complexity index is 1340. The van der Waals surface area contributed by atoms with Gasteiger partial charge in [0.15, 0.2) is 0 Å². The lowest BCUT2D eigenvalue weighted by atomic mass is 10.1. The minimum Gasteiger partial charge on any atom is -0.481 e. The predicted octanol–water partition coefficient (Wildman–Crippen LogP) is 2.57. The summed E-state index contributed by atoms with van der Waals surface area (Å²) in [4.78, 5) is 44.3. The zero-order valence-corrected chi connectivity index (χ0v) is 17.6. The Morgan fingerprint density at radius 2 is 1.97 bits per heavy atom. The zero-order chi connectivity index (χ0) is 24.5. The average Bonchev–Trinajstić information content (AvgIpc) is 3.13. The van der Waals surface area contributed by atoms with Crippen molar-refractivity contribution < 1.29 is 37.4 Å². The largest absolute Gasteiger partial charge is 0.481 e. The van der Waals surface area contributed by atoms with E-state index in [9.17, 15) is 27.6 Å². The van der Waals surface area contributed by atoms with Crippen molar-refractivity contribution in [2.75, 3.05) is 24.7 Å². The van der Waals surface area contributed by atoms with Gasteiger partial charge in [-0.2, -0.15) is 18.2 Å². The van der Waals surface area contributed by atoms with Crippen molar-refractivity contribution in [2.24, 2.45) is 4.99 Å². The molecule has 1 saturated heterocycles. The molecule has 4 rings (SSSR count). The van der Waals surface area contributed by atoms with Gasteiger partial charge >= 0.3 is 12.1 Å². The number of hydrogen-bond donors (Lipinski definition) is 2. The minimum atomic E-state index is -4.62. The van der Waals surface area contributed by atoms with E-state index in [1.807, 2.05) is 0 Å². The number of aliphatic carboxylic acids is 1. The van der Waals surface area contributed by atoms with Gasteiger partial charge in [-0.15, -0.1) is 0 Å². The number of alkyl halides is 3. The lowest BCUT2D eigenvalue weighted by Gasteiger charge is -2.26. The normalized spacial score (nSPS) is 15.2. The standard InChI is InChI=1S/C22H19F3N4O5/c23-22(24,25)14-3-1-2-13(10-14)20(33)27-21-26-16-11-15(28-8-9-34-12-18(28)30)4-5-17(16)29(21)7-6-19(31)32/h1-5,10-11H,6-9,12H2,(H,31,32)(H,26,27,33). The molecule has 1 aliphatic heterocycles. The number of carbonyl (C=O) groups excluding carboxylic acids is 2. The number of H-pyrrole nitrogens is 1. The van der Waals surface area contributed by atoms with Gasteiger partial charge in [0.25, 0.3) is 11.8 Å². The van der Waals surface area contributed by atoms with Gasteiger partial charge in [-0.25, -0.2) is 0 Å². The molecule has 178 valence electrons. The molecular weight excluding hydrogens is 457 g/mol. The molecule has 2 N–H and O–H groups in total. The number of fused-ring (bicyclic) bond motifs is 1. The van der Waals surface area contributed by atoms with E-state index in [0.717, 1.165) is 12.1 Å². The fourth-order valence-corrected chi connectivity index (χ4v) is 3.63. The molecular formula is C22H19F3N4O5. The molecule has 1 aliphatic rings. The van der Waals surface area contributed by atoms with E-state index in [1.54, 1.807) is 18.2 Å². The third-order valence-corrected chi connectivity index (χ3v) is 5.26. The fraction of sp³-hybridized carbons (Fsp3) is 0.273. The molecule has 3 aromatic rings. The van der Waals surface area contributed by atoms with E-state index in [0.29, 0.717) is 35.9 Å². The van der Waals surface area contributed by atoms with Crippen LogP contribution in [-0.4, -0.2) is 52.2 Å². The van der Waals surface area contributed by atoms with Crippen LogP contribution >= 0.6 is 0 Å². The topological polar surface area (TPSA) is 117 Å². The molecule has 0 radical (unpaired) electrons. The highest BCUT2D eigenvalue weighted by molar-refractivity contribution is 5.97. The molecule has 2 amide bonds. The molecule has 34 heavy (non-hydrogen) atoms. The van der Waals surface area contributed by atoms with Crippen LogP contribution < -0.4 is 10.5 Å². The van der Waals surface area contributed by atoms with Crippen LogP contribution in [0.3, 0.4) is 0 Å². The molecule has 12 heteroatoms. The fourth-order valence-electron chi connectivity index (χ4n) is 3.63. The molecule has 0 atom stereocenters. The molecule has 1 fully saturated rings. The number of hydrogen-bond acceptors (Lipinski definition) is 4. The van der Waals surface area contributed by atoms with Gasteiger partial charge in [-0.05, 0) is 36.4 Å². The summed E-state index contributed by atoms with van der Waals surface area (Å²) in [5, 5.41) is 9.10. The van der Waals surface area contributed by atoms with E-state index in [1.165, 1.54) is 15.5 Å². The van der Waals surface area contributed by atoms with Crippen molar-refractivity contribution in [3.63, 3.8) is 0 Å². The average molecular weight is 476 g/mol. The van der Waals surface area contributed by atoms with Crippen LogP contribution in [0, 0.1) is 0 Å². The van der Waals surface area contributed by atoms with Crippen LogP contribution in [-0.2, 0) is 27.0 Å². The van der Waals surface area contributed by atoms with Crippen LogP contribution in [0.5, 0.6) is 0 Å². The van der Waals surface area contributed by atoms with Crippen LogP contribution in [0.15, 0.2) is 47.5 Å². The number of aromatic amines is 1. The summed E-state index contributed by atoms with van der Waals surface area (Å²) in [6.45, 7) is 0.641. The lowest BCUT2D eigenvalue weighted by molar-refractivity contribution is -0.138. The monoisotopic (exact) mass is 476 g/mol. The first-order valence-electron chi connectivity index (χ1n) is 10.2. The second-order valence-corrected chi connectivity index (χ2v) is 7.54. The predicted molar refractivity (Wildman–Crippen MR) is 113 cm³/mol. The molecule has 2 heterocycles. The zero-order valence-electron chi connectivity index (χ0n) is 17.6. The number of anilines is 1. The van der Waals surface area contributed by atoms with E-state index < -0.39 is 23.6 Å². The van der Waals surface area contributed by atoms with Crippen LogP contribution in [0.25, 0.3) is 11.0 Å². The number of halogens is 3. The smallest absolute Gasteiger partial charge is 0.416 e. The molecule has 0 bridgehead atoms. The molecule has 0 spiro atoms. The van der Waals surface area contributed by atoms with E-state index >= 15 is 0 Å². The summed E-state index contributed by atoms with van der Waals surface area (Å²) >= 11 is 0. The number of morpholine rings is 1. The lowest BCUT2D eigenvalue weighted by Crippen LogP contribution is -2.41. The van der Waals surface area contributed by atoms with Gasteiger partial charge in [-0.3, -0.25) is 14.4 Å². The summed E-state index contributed by atoms with van der Waals surface area (Å²) < 4.78 is 45.6. The Morgan fingerprint density at radius 3 is 2.68 bits per heavy atom. The number of ether oxygens (including phenoxy) is 1. The molecule has 0 unspecified atom stereocenters. The van der Waals surface area contributed by atoms with Gasteiger partial charge < -0.3 is 24.3 Å². The second kappa shape index (κ2) is 9.14. The summed E-state index contributed by atoms with van der Waals surface area (Å²) in [5.41, 5.74) is 0.285. The van der Waals surface area contributed by atoms with Crippen molar-refractivity contribution in [3.05, 3.63) is 59.2 Å². The number of benzene rings is 2. The maximum atomic E-state index is 13.0. The summed E-state index contributed by atoms with van der Waals surface area (Å²) in [7, 11) is 0. The van der Waals surface area contributed by atoms with Crippen molar-refractivity contribution >= 4 is 34.5 Å². The van der Waals surface area contributed by atoms with Gasteiger partial charge in [0.1, 0.15) is 6.61 Å². The maximum absolute atomic E-state index is 13.0. The highest BCUT2D eigenvalue weighted by Gasteiger charge is 2.31. The molecule has 0 saturated carbocycles. The summed E-state index contributed by atoms with van der Waals surface area (Å²) in [6.07, 6.45) is -4.90. The highest BCUT2D eigenvalue weighted by atomic mass is 19.4. The highest BCUT2D eigenvalue weighted by Crippen LogP contribution is 2.29.